The fourth-order valence-corrected chi connectivity index (χ4v) is 4.21. The number of likely N-dealkylation sites (tertiary alicyclic amines) is 1. The third kappa shape index (κ3) is 6.69. The molecule has 7 nitrogen and oxygen atoms in total. The molecule has 2 atom stereocenters. The Morgan fingerprint density at radius 1 is 1.13 bits per heavy atom. The summed E-state index contributed by atoms with van der Waals surface area (Å²) in [5, 5.41) is 10.5. The second kappa shape index (κ2) is 12.1. The first kappa shape index (κ1) is 25.2. The predicted octanol–water partition coefficient (Wildman–Crippen LogP) is 2.50. The molecule has 0 radical (unpaired) electrons. The Morgan fingerprint density at radius 2 is 1.94 bits per heavy atom. The van der Waals surface area contributed by atoms with E-state index in [1.54, 1.807) is 6.20 Å². The van der Waals surface area contributed by atoms with E-state index in [9.17, 15) is 9.59 Å². The Hall–Kier alpha value is -2.09. The SMILES string of the molecule is Cl.Cl.O=C(NCC1CCCN(C(=O)c2ccc(Cn3cccn3)cc2)C1)C1CCCN1. The number of halogens is 2. The van der Waals surface area contributed by atoms with Crippen molar-refractivity contribution in [3.05, 3.63) is 53.9 Å². The molecular formula is C22H31Cl2N5O2. The number of carbonyl (C=O) groups is 2. The highest BCUT2D eigenvalue weighted by Gasteiger charge is 2.26. The molecule has 2 aliphatic heterocycles. The summed E-state index contributed by atoms with van der Waals surface area (Å²) in [5.74, 6) is 0.486. The lowest BCUT2D eigenvalue weighted by Crippen LogP contribution is -2.46. The lowest BCUT2D eigenvalue weighted by Gasteiger charge is -2.33. The minimum Gasteiger partial charge on any atom is -0.354 e. The summed E-state index contributed by atoms with van der Waals surface area (Å²) in [4.78, 5) is 27.1. The van der Waals surface area contributed by atoms with Crippen molar-refractivity contribution in [3.8, 4) is 0 Å². The van der Waals surface area contributed by atoms with Crippen molar-refractivity contribution in [2.45, 2.75) is 38.3 Å². The van der Waals surface area contributed by atoms with Gasteiger partial charge in [-0.2, -0.15) is 5.10 Å². The molecule has 2 saturated heterocycles. The summed E-state index contributed by atoms with van der Waals surface area (Å²) in [5.41, 5.74) is 1.83. The van der Waals surface area contributed by atoms with Crippen molar-refractivity contribution in [1.82, 2.24) is 25.3 Å². The van der Waals surface area contributed by atoms with Crippen molar-refractivity contribution in [2.24, 2.45) is 5.92 Å². The number of carbonyl (C=O) groups excluding carboxylic acids is 2. The van der Waals surface area contributed by atoms with E-state index >= 15 is 0 Å². The number of rotatable bonds is 6. The highest BCUT2D eigenvalue weighted by atomic mass is 35.5. The lowest BCUT2D eigenvalue weighted by molar-refractivity contribution is -0.123. The molecule has 4 rings (SSSR count). The first-order valence-electron chi connectivity index (χ1n) is 10.6. The standard InChI is InChI=1S/C22H29N5O2.2ClH/c28-21(20-5-1-10-23-20)24-14-18-4-2-12-26(15-18)22(29)19-8-6-17(7-9-19)16-27-13-3-11-25-27;;/h3,6-9,11,13,18,20,23H,1-2,4-5,10,12,14-16H2,(H,24,28);2*1H. The fourth-order valence-electron chi connectivity index (χ4n) is 4.21. The average molecular weight is 468 g/mol. The summed E-state index contributed by atoms with van der Waals surface area (Å²) in [7, 11) is 0. The molecule has 0 saturated carbocycles. The third-order valence-electron chi connectivity index (χ3n) is 5.85. The van der Waals surface area contributed by atoms with E-state index in [2.05, 4.69) is 15.7 Å². The smallest absolute Gasteiger partial charge is 0.253 e. The van der Waals surface area contributed by atoms with Gasteiger partial charge in [0.2, 0.25) is 5.91 Å². The molecule has 9 heteroatoms. The minimum atomic E-state index is -0.0448. The Kier molecular flexibility index (Phi) is 9.81. The molecule has 3 heterocycles. The molecular weight excluding hydrogens is 437 g/mol. The topological polar surface area (TPSA) is 79.3 Å². The summed E-state index contributed by atoms with van der Waals surface area (Å²) in [6.45, 7) is 3.74. The monoisotopic (exact) mass is 467 g/mol. The van der Waals surface area contributed by atoms with Crippen LogP contribution in [0.1, 0.15) is 41.6 Å². The van der Waals surface area contributed by atoms with Crippen molar-refractivity contribution < 1.29 is 9.59 Å². The van der Waals surface area contributed by atoms with E-state index in [4.69, 9.17) is 0 Å². The van der Waals surface area contributed by atoms with Crippen LogP contribution in [0.25, 0.3) is 0 Å². The molecule has 0 spiro atoms. The molecule has 1 aromatic heterocycles. The molecule has 0 bridgehead atoms. The average Bonchev–Trinajstić information content (AvgIpc) is 3.47. The Labute approximate surface area is 195 Å². The Bertz CT molecular complexity index is 823. The third-order valence-corrected chi connectivity index (χ3v) is 5.85. The van der Waals surface area contributed by atoms with Gasteiger partial charge in [-0.3, -0.25) is 14.3 Å². The summed E-state index contributed by atoms with van der Waals surface area (Å²) < 4.78 is 1.86. The first-order valence-corrected chi connectivity index (χ1v) is 10.6. The van der Waals surface area contributed by atoms with Gasteiger partial charge in [-0.15, -0.1) is 24.8 Å². The molecule has 2 amide bonds. The van der Waals surface area contributed by atoms with Crippen molar-refractivity contribution in [2.75, 3.05) is 26.2 Å². The van der Waals surface area contributed by atoms with Crippen LogP contribution >= 0.6 is 24.8 Å². The number of nitrogens with one attached hydrogen (secondary N) is 2. The number of aromatic nitrogens is 2. The van der Waals surface area contributed by atoms with Crippen molar-refractivity contribution in [1.29, 1.82) is 0 Å². The van der Waals surface area contributed by atoms with Crippen molar-refractivity contribution >= 4 is 36.6 Å². The van der Waals surface area contributed by atoms with E-state index in [1.807, 2.05) is 46.1 Å². The summed E-state index contributed by atoms with van der Waals surface area (Å²) >= 11 is 0. The zero-order valence-electron chi connectivity index (χ0n) is 17.5. The van der Waals surface area contributed by atoms with Gasteiger partial charge in [-0.1, -0.05) is 12.1 Å². The van der Waals surface area contributed by atoms with Crippen molar-refractivity contribution in [3.63, 3.8) is 0 Å². The largest absolute Gasteiger partial charge is 0.354 e. The van der Waals surface area contributed by atoms with Gasteiger partial charge in [-0.25, -0.2) is 0 Å². The zero-order valence-corrected chi connectivity index (χ0v) is 19.2. The van der Waals surface area contributed by atoms with Gasteiger partial charge in [0.25, 0.3) is 5.91 Å². The van der Waals surface area contributed by atoms with Crippen LogP contribution in [0.2, 0.25) is 0 Å². The second-order valence-corrected chi connectivity index (χ2v) is 8.05. The van der Waals surface area contributed by atoms with Crippen LogP contribution < -0.4 is 10.6 Å². The molecule has 0 aliphatic carbocycles. The molecule has 2 fully saturated rings. The summed E-state index contributed by atoms with van der Waals surface area (Å²) in [6.07, 6.45) is 7.68. The van der Waals surface area contributed by atoms with E-state index in [-0.39, 0.29) is 42.7 Å². The number of benzene rings is 1. The number of amides is 2. The molecule has 2 aromatic rings. The number of hydrogen-bond donors (Lipinski definition) is 2. The predicted molar refractivity (Wildman–Crippen MR) is 125 cm³/mol. The van der Waals surface area contributed by atoms with Crippen LogP contribution in [0.3, 0.4) is 0 Å². The van der Waals surface area contributed by atoms with Crippen LogP contribution in [0.4, 0.5) is 0 Å². The maximum atomic E-state index is 12.9. The fraction of sp³-hybridized carbons (Fsp3) is 0.500. The molecule has 31 heavy (non-hydrogen) atoms. The number of hydrogen-bond acceptors (Lipinski definition) is 4. The lowest BCUT2D eigenvalue weighted by atomic mass is 9.97. The molecule has 1 aromatic carbocycles. The quantitative estimate of drug-likeness (QED) is 0.683. The highest BCUT2D eigenvalue weighted by Crippen LogP contribution is 2.19. The maximum Gasteiger partial charge on any atom is 0.253 e. The number of nitrogens with zero attached hydrogens (tertiary/aromatic N) is 3. The van der Waals surface area contributed by atoms with Gasteiger partial charge in [-0.05, 0) is 61.9 Å². The van der Waals surface area contributed by atoms with Crippen LogP contribution in [0, 0.1) is 5.92 Å². The van der Waals surface area contributed by atoms with Gasteiger partial charge < -0.3 is 15.5 Å². The Balaban J connectivity index is 0.00000171. The molecule has 2 unspecified atom stereocenters. The van der Waals surface area contributed by atoms with Gasteiger partial charge in [0.05, 0.1) is 12.6 Å². The highest BCUT2D eigenvalue weighted by molar-refractivity contribution is 5.94. The van der Waals surface area contributed by atoms with Gasteiger partial charge in [0.1, 0.15) is 0 Å². The first-order chi connectivity index (χ1) is 14.2. The minimum absolute atomic E-state index is 0. The van der Waals surface area contributed by atoms with E-state index < -0.39 is 0 Å². The van der Waals surface area contributed by atoms with Crippen LogP contribution in [-0.4, -0.2) is 58.7 Å². The molecule has 2 N–H and O–H groups in total. The normalized spacial score (nSPS) is 20.5. The second-order valence-electron chi connectivity index (χ2n) is 8.05. The van der Waals surface area contributed by atoms with Crippen LogP contribution in [-0.2, 0) is 11.3 Å². The number of piperidine rings is 1. The van der Waals surface area contributed by atoms with E-state index in [0.717, 1.165) is 44.3 Å². The van der Waals surface area contributed by atoms with Gasteiger partial charge in [0.15, 0.2) is 0 Å². The van der Waals surface area contributed by atoms with Gasteiger partial charge in [0, 0.05) is 37.6 Å². The molecule has 170 valence electrons. The Morgan fingerprint density at radius 3 is 2.61 bits per heavy atom. The van der Waals surface area contributed by atoms with E-state index in [1.165, 1.54) is 0 Å². The van der Waals surface area contributed by atoms with E-state index in [0.29, 0.717) is 31.1 Å². The zero-order chi connectivity index (χ0) is 20.1. The maximum absolute atomic E-state index is 12.9. The van der Waals surface area contributed by atoms with Gasteiger partial charge >= 0.3 is 0 Å². The van der Waals surface area contributed by atoms with Crippen LogP contribution in [0.15, 0.2) is 42.7 Å². The summed E-state index contributed by atoms with van der Waals surface area (Å²) in [6, 6.07) is 9.64. The molecule has 2 aliphatic rings. The van der Waals surface area contributed by atoms with Crippen LogP contribution in [0.5, 0.6) is 0 Å².